The van der Waals surface area contributed by atoms with Crippen molar-refractivity contribution in [1.29, 1.82) is 0 Å². The summed E-state index contributed by atoms with van der Waals surface area (Å²) in [5, 5.41) is 2.41. The lowest BCUT2D eigenvalue weighted by Crippen LogP contribution is -2.45. The van der Waals surface area contributed by atoms with Gasteiger partial charge in [-0.2, -0.15) is 0 Å². The summed E-state index contributed by atoms with van der Waals surface area (Å²) in [5.41, 5.74) is 11.6. The topological polar surface area (TPSA) is 81.1 Å². The van der Waals surface area contributed by atoms with Crippen LogP contribution in [0.4, 0.5) is 4.79 Å². The number of carbonyl (C=O) groups is 1. The molecule has 70 valence electrons. The Hall–Kier alpha value is -1.55. The van der Waals surface area contributed by atoms with E-state index in [9.17, 15) is 4.79 Å². The van der Waals surface area contributed by atoms with Crippen molar-refractivity contribution in [2.45, 2.75) is 12.6 Å². The Morgan fingerprint density at radius 2 is 2.00 bits per heavy atom. The van der Waals surface area contributed by atoms with Crippen LogP contribution in [-0.2, 0) is 6.42 Å². The van der Waals surface area contributed by atoms with Crippen LogP contribution in [-0.4, -0.2) is 12.2 Å². The maximum atomic E-state index is 10.4. The third-order valence-corrected chi connectivity index (χ3v) is 1.63. The molecular weight excluding hydrogens is 166 g/mol. The molecule has 2 amide bonds. The fourth-order valence-electron chi connectivity index (χ4n) is 1.10. The minimum atomic E-state index is -0.594. The van der Waals surface area contributed by atoms with Crippen LogP contribution in [0.3, 0.4) is 0 Å². The third kappa shape index (κ3) is 3.57. The second-order valence-corrected chi connectivity index (χ2v) is 2.80. The molecule has 0 saturated heterocycles. The number of amides is 2. The van der Waals surface area contributed by atoms with E-state index in [2.05, 4.69) is 5.32 Å². The van der Waals surface area contributed by atoms with E-state index in [1.54, 1.807) is 0 Å². The second kappa shape index (κ2) is 4.47. The van der Waals surface area contributed by atoms with Crippen LogP contribution in [0, 0.1) is 0 Å². The largest absolute Gasteiger partial charge is 0.352 e. The Morgan fingerprint density at radius 1 is 1.38 bits per heavy atom. The van der Waals surface area contributed by atoms with Crippen LogP contribution >= 0.6 is 0 Å². The molecule has 1 aromatic carbocycles. The van der Waals surface area contributed by atoms with E-state index in [0.717, 1.165) is 5.56 Å². The van der Waals surface area contributed by atoms with E-state index in [4.69, 9.17) is 11.5 Å². The summed E-state index contributed by atoms with van der Waals surface area (Å²) in [7, 11) is 0. The minimum absolute atomic E-state index is 0.417. The van der Waals surface area contributed by atoms with Gasteiger partial charge < -0.3 is 16.8 Å². The molecule has 0 aliphatic rings. The van der Waals surface area contributed by atoms with Crippen molar-refractivity contribution in [2.24, 2.45) is 11.5 Å². The van der Waals surface area contributed by atoms with Gasteiger partial charge in [0.05, 0.1) is 6.17 Å². The first-order valence-corrected chi connectivity index (χ1v) is 4.04. The van der Waals surface area contributed by atoms with E-state index in [0.29, 0.717) is 6.42 Å². The molecule has 1 aromatic rings. The van der Waals surface area contributed by atoms with Crippen molar-refractivity contribution in [3.05, 3.63) is 35.9 Å². The maximum Gasteiger partial charge on any atom is 0.313 e. The first-order chi connectivity index (χ1) is 6.18. The van der Waals surface area contributed by atoms with Crippen molar-refractivity contribution in [3.8, 4) is 0 Å². The van der Waals surface area contributed by atoms with Gasteiger partial charge in [-0.05, 0) is 5.56 Å². The number of hydrogen-bond donors (Lipinski definition) is 3. The molecule has 13 heavy (non-hydrogen) atoms. The fourth-order valence-corrected chi connectivity index (χ4v) is 1.10. The zero-order chi connectivity index (χ0) is 9.68. The highest BCUT2D eigenvalue weighted by Crippen LogP contribution is 1.99. The van der Waals surface area contributed by atoms with Crippen molar-refractivity contribution >= 4 is 6.03 Å². The van der Waals surface area contributed by atoms with Gasteiger partial charge in [-0.1, -0.05) is 30.3 Å². The van der Waals surface area contributed by atoms with Crippen molar-refractivity contribution in [2.75, 3.05) is 0 Å². The van der Waals surface area contributed by atoms with Crippen molar-refractivity contribution < 1.29 is 4.79 Å². The summed E-state index contributed by atoms with van der Waals surface area (Å²) in [5.74, 6) is 0. The van der Waals surface area contributed by atoms with Gasteiger partial charge in [-0.25, -0.2) is 4.79 Å². The molecular formula is C9H13N3O. The molecule has 0 aliphatic heterocycles. The average molecular weight is 179 g/mol. The molecule has 0 saturated carbocycles. The van der Waals surface area contributed by atoms with Crippen LogP contribution in [0.1, 0.15) is 5.56 Å². The first-order valence-electron chi connectivity index (χ1n) is 4.04. The highest BCUT2D eigenvalue weighted by Gasteiger charge is 2.04. The number of rotatable bonds is 3. The lowest BCUT2D eigenvalue weighted by Gasteiger charge is -2.11. The van der Waals surface area contributed by atoms with E-state index < -0.39 is 12.2 Å². The van der Waals surface area contributed by atoms with Gasteiger partial charge in [0.2, 0.25) is 0 Å². The van der Waals surface area contributed by atoms with Crippen molar-refractivity contribution in [3.63, 3.8) is 0 Å². The Bertz CT molecular complexity index is 273. The molecule has 1 atom stereocenters. The number of urea groups is 1. The molecule has 0 spiro atoms. The number of hydrogen-bond acceptors (Lipinski definition) is 2. The molecule has 4 nitrogen and oxygen atoms in total. The summed E-state index contributed by atoms with van der Waals surface area (Å²) >= 11 is 0. The van der Waals surface area contributed by atoms with Crippen LogP contribution in [0.5, 0.6) is 0 Å². The summed E-state index contributed by atoms with van der Waals surface area (Å²) < 4.78 is 0. The maximum absolute atomic E-state index is 10.4. The Morgan fingerprint density at radius 3 is 2.54 bits per heavy atom. The number of nitrogens with two attached hydrogens (primary N) is 2. The molecule has 0 aliphatic carbocycles. The normalized spacial score (nSPS) is 12.1. The molecule has 1 rings (SSSR count). The Labute approximate surface area is 76.9 Å². The molecule has 0 aromatic heterocycles. The van der Waals surface area contributed by atoms with Crippen LogP contribution < -0.4 is 16.8 Å². The number of benzene rings is 1. The van der Waals surface area contributed by atoms with Gasteiger partial charge in [0.15, 0.2) is 0 Å². The predicted octanol–water partition coefficient (Wildman–Crippen LogP) is 0.182. The fraction of sp³-hybridized carbons (Fsp3) is 0.222. The lowest BCUT2D eigenvalue weighted by atomic mass is 10.1. The zero-order valence-corrected chi connectivity index (χ0v) is 7.23. The lowest BCUT2D eigenvalue weighted by molar-refractivity contribution is 0.245. The molecule has 0 bridgehead atoms. The van der Waals surface area contributed by atoms with E-state index >= 15 is 0 Å². The average Bonchev–Trinajstić information content (AvgIpc) is 2.04. The summed E-state index contributed by atoms with van der Waals surface area (Å²) in [6.07, 6.45) is 0.170. The molecule has 0 radical (unpaired) electrons. The smallest absolute Gasteiger partial charge is 0.313 e. The monoisotopic (exact) mass is 179 g/mol. The quantitative estimate of drug-likeness (QED) is 0.578. The Balaban J connectivity index is 2.45. The summed E-state index contributed by atoms with van der Waals surface area (Å²) in [6.45, 7) is 0. The van der Waals surface area contributed by atoms with Gasteiger partial charge >= 0.3 is 6.03 Å². The van der Waals surface area contributed by atoms with E-state index in [-0.39, 0.29) is 0 Å². The van der Waals surface area contributed by atoms with E-state index in [1.165, 1.54) is 0 Å². The van der Waals surface area contributed by atoms with Gasteiger partial charge in [-0.15, -0.1) is 0 Å². The predicted molar refractivity (Wildman–Crippen MR) is 50.8 cm³/mol. The molecule has 0 fully saturated rings. The molecule has 0 heterocycles. The summed E-state index contributed by atoms with van der Waals surface area (Å²) in [6, 6.07) is 9.07. The van der Waals surface area contributed by atoms with Crippen LogP contribution in [0.15, 0.2) is 30.3 Å². The molecule has 5 N–H and O–H groups in total. The standard InChI is InChI=1S/C9H13N3O/c10-8(12-9(11)13)6-7-4-2-1-3-5-7/h1-5,8H,6,10H2,(H3,11,12,13). The first kappa shape index (κ1) is 9.54. The van der Waals surface area contributed by atoms with Crippen LogP contribution in [0.2, 0.25) is 0 Å². The zero-order valence-electron chi connectivity index (χ0n) is 7.23. The highest BCUT2D eigenvalue weighted by molar-refractivity contribution is 5.71. The second-order valence-electron chi connectivity index (χ2n) is 2.80. The van der Waals surface area contributed by atoms with Gasteiger partial charge in [0.25, 0.3) is 0 Å². The highest BCUT2D eigenvalue weighted by atomic mass is 16.2. The minimum Gasteiger partial charge on any atom is -0.352 e. The van der Waals surface area contributed by atoms with E-state index in [1.807, 2.05) is 30.3 Å². The van der Waals surface area contributed by atoms with Gasteiger partial charge in [-0.3, -0.25) is 0 Å². The molecule has 1 unspecified atom stereocenters. The van der Waals surface area contributed by atoms with Gasteiger partial charge in [0.1, 0.15) is 0 Å². The third-order valence-electron chi connectivity index (χ3n) is 1.63. The SMILES string of the molecule is NC(=O)NC(N)Cc1ccccc1. The number of primary amides is 1. The summed E-state index contributed by atoms with van der Waals surface area (Å²) in [4.78, 5) is 10.4. The number of carbonyl (C=O) groups excluding carboxylic acids is 1. The van der Waals surface area contributed by atoms with Gasteiger partial charge in [0, 0.05) is 6.42 Å². The number of nitrogens with one attached hydrogen (secondary N) is 1. The van der Waals surface area contributed by atoms with Crippen molar-refractivity contribution in [1.82, 2.24) is 5.32 Å². The molecule has 4 heteroatoms. The Kier molecular flexibility index (Phi) is 3.28. The van der Waals surface area contributed by atoms with Crippen LogP contribution in [0.25, 0.3) is 0 Å².